The van der Waals surface area contributed by atoms with E-state index in [1.807, 2.05) is 17.9 Å². The molecule has 1 fully saturated rings. The van der Waals surface area contributed by atoms with E-state index in [4.69, 9.17) is 0 Å². The summed E-state index contributed by atoms with van der Waals surface area (Å²) in [6, 6.07) is 0. The van der Waals surface area contributed by atoms with E-state index in [2.05, 4.69) is 47.3 Å². The molecule has 0 bridgehead atoms. The number of fused-ring (bicyclic) bond motifs is 1. The van der Waals surface area contributed by atoms with E-state index in [9.17, 15) is 0 Å². The first-order valence-electron chi connectivity index (χ1n) is 9.11. The molecule has 10 heteroatoms. The maximum absolute atomic E-state index is 4.50. The van der Waals surface area contributed by atoms with Crippen LogP contribution in [0.2, 0.25) is 0 Å². The van der Waals surface area contributed by atoms with Crippen LogP contribution in [0.25, 0.3) is 11.0 Å². The Morgan fingerprint density at radius 1 is 1.12 bits per heavy atom. The number of aromatic nitrogens is 8. The second kappa shape index (κ2) is 7.32. The van der Waals surface area contributed by atoms with E-state index < -0.39 is 0 Å². The lowest BCUT2D eigenvalue weighted by Gasteiger charge is -2.35. The number of hydrogen-bond donors (Lipinski definition) is 0. The van der Waals surface area contributed by atoms with Crippen LogP contribution in [-0.2, 0) is 20.1 Å². The molecule has 0 saturated carbocycles. The number of aryl methyl sites for hydroxylation is 2. The van der Waals surface area contributed by atoms with Gasteiger partial charge in [0.25, 0.3) is 0 Å². The highest BCUT2D eigenvalue weighted by molar-refractivity contribution is 5.86. The Morgan fingerprint density at radius 3 is 2.77 bits per heavy atom. The Balaban J connectivity index is 1.40. The Kier molecular flexibility index (Phi) is 4.74. The third kappa shape index (κ3) is 3.24. The van der Waals surface area contributed by atoms with Gasteiger partial charge >= 0.3 is 0 Å². The van der Waals surface area contributed by atoms with Gasteiger partial charge in [-0.1, -0.05) is 13.3 Å². The fourth-order valence-corrected chi connectivity index (χ4v) is 3.34. The second-order valence-electron chi connectivity index (χ2n) is 6.64. The second-order valence-corrected chi connectivity index (χ2v) is 6.64. The van der Waals surface area contributed by atoms with Gasteiger partial charge in [0.2, 0.25) is 0 Å². The van der Waals surface area contributed by atoms with Crippen molar-refractivity contribution in [3.8, 4) is 0 Å². The summed E-state index contributed by atoms with van der Waals surface area (Å²) in [5.41, 5.74) is 0.868. The summed E-state index contributed by atoms with van der Waals surface area (Å²) in [4.78, 5) is 13.5. The molecule has 0 atom stereocenters. The predicted octanol–water partition coefficient (Wildman–Crippen LogP) is 0.472. The van der Waals surface area contributed by atoms with E-state index in [1.165, 1.54) is 0 Å². The molecule has 0 radical (unpaired) electrons. The molecule has 1 saturated heterocycles. The minimum Gasteiger partial charge on any atom is -0.353 e. The Labute approximate surface area is 151 Å². The molecular weight excluding hydrogens is 332 g/mol. The highest BCUT2D eigenvalue weighted by Crippen LogP contribution is 2.23. The smallest absolute Gasteiger partial charge is 0.165 e. The maximum atomic E-state index is 4.50. The highest BCUT2D eigenvalue weighted by atomic mass is 15.5. The van der Waals surface area contributed by atoms with Gasteiger partial charge in [-0.25, -0.2) is 14.6 Å². The van der Waals surface area contributed by atoms with Gasteiger partial charge in [-0.2, -0.15) is 5.10 Å². The van der Waals surface area contributed by atoms with Crippen LogP contribution in [0.3, 0.4) is 0 Å². The monoisotopic (exact) mass is 356 g/mol. The number of piperazine rings is 1. The van der Waals surface area contributed by atoms with Crippen molar-refractivity contribution in [2.24, 2.45) is 7.05 Å². The average molecular weight is 356 g/mol. The van der Waals surface area contributed by atoms with E-state index in [1.54, 1.807) is 11.0 Å². The first-order chi connectivity index (χ1) is 12.8. The van der Waals surface area contributed by atoms with Crippen LogP contribution in [0.1, 0.15) is 25.6 Å². The fourth-order valence-electron chi connectivity index (χ4n) is 3.34. The van der Waals surface area contributed by atoms with Crippen LogP contribution in [0.4, 0.5) is 5.82 Å². The van der Waals surface area contributed by atoms with Crippen molar-refractivity contribution < 1.29 is 0 Å². The van der Waals surface area contributed by atoms with Gasteiger partial charge in [0.1, 0.15) is 12.1 Å². The molecule has 0 aromatic carbocycles. The van der Waals surface area contributed by atoms with Crippen LogP contribution in [-0.4, -0.2) is 71.0 Å². The first-order valence-corrected chi connectivity index (χ1v) is 9.11. The van der Waals surface area contributed by atoms with Crippen LogP contribution in [0, 0.1) is 0 Å². The standard InChI is InChI=1S/C16H24N10/c1-3-4-5-26-14(20-21-22-26)11-24-6-8-25(9-7-24)16-13-10-19-23(2)15(13)17-12-18-16/h10,12H,3-9,11H2,1-2H3. The van der Waals surface area contributed by atoms with E-state index >= 15 is 0 Å². The van der Waals surface area contributed by atoms with Gasteiger partial charge in [0, 0.05) is 39.8 Å². The zero-order chi connectivity index (χ0) is 17.9. The zero-order valence-corrected chi connectivity index (χ0v) is 15.3. The minimum atomic E-state index is 0.788. The number of tetrazole rings is 1. The quantitative estimate of drug-likeness (QED) is 0.629. The Morgan fingerprint density at radius 2 is 1.96 bits per heavy atom. The van der Waals surface area contributed by atoms with Crippen molar-refractivity contribution in [3.63, 3.8) is 0 Å². The van der Waals surface area contributed by atoms with Crippen molar-refractivity contribution in [2.45, 2.75) is 32.9 Å². The molecule has 1 aliphatic rings. The molecular formula is C16H24N10. The fraction of sp³-hybridized carbons (Fsp3) is 0.625. The van der Waals surface area contributed by atoms with Crippen LogP contribution >= 0.6 is 0 Å². The summed E-state index contributed by atoms with van der Waals surface area (Å²) in [5.74, 6) is 1.92. The summed E-state index contributed by atoms with van der Waals surface area (Å²) < 4.78 is 3.71. The molecule has 3 aromatic rings. The maximum Gasteiger partial charge on any atom is 0.165 e. The molecule has 0 amide bonds. The largest absolute Gasteiger partial charge is 0.353 e. The molecule has 1 aliphatic heterocycles. The van der Waals surface area contributed by atoms with E-state index in [0.29, 0.717) is 0 Å². The molecule has 0 spiro atoms. The lowest BCUT2D eigenvalue weighted by molar-refractivity contribution is 0.238. The topological polar surface area (TPSA) is 93.7 Å². The average Bonchev–Trinajstić information content (AvgIpc) is 3.27. The van der Waals surface area contributed by atoms with Crippen molar-refractivity contribution in [2.75, 3.05) is 31.1 Å². The van der Waals surface area contributed by atoms with Crippen LogP contribution in [0.15, 0.2) is 12.5 Å². The minimum absolute atomic E-state index is 0.788. The lowest BCUT2D eigenvalue weighted by Crippen LogP contribution is -2.46. The molecule has 3 aromatic heterocycles. The summed E-state index contributed by atoms with van der Waals surface area (Å²) in [6.07, 6.45) is 5.70. The Hall–Kier alpha value is -2.62. The molecule has 0 unspecified atom stereocenters. The third-order valence-corrected chi connectivity index (χ3v) is 4.87. The molecule has 10 nitrogen and oxygen atoms in total. The zero-order valence-electron chi connectivity index (χ0n) is 15.3. The molecule has 26 heavy (non-hydrogen) atoms. The summed E-state index contributed by atoms with van der Waals surface area (Å²) in [7, 11) is 1.90. The lowest BCUT2D eigenvalue weighted by atomic mass is 10.2. The SMILES string of the molecule is CCCCn1nnnc1CN1CCN(c2ncnc3c2cnn3C)CC1. The first kappa shape index (κ1) is 16.8. The van der Waals surface area contributed by atoms with Gasteiger partial charge < -0.3 is 4.90 Å². The third-order valence-electron chi connectivity index (χ3n) is 4.87. The van der Waals surface area contributed by atoms with E-state index in [0.717, 1.165) is 74.8 Å². The summed E-state index contributed by atoms with van der Waals surface area (Å²) in [5, 5.41) is 17.5. The van der Waals surface area contributed by atoms with Crippen molar-refractivity contribution in [1.29, 1.82) is 0 Å². The van der Waals surface area contributed by atoms with Crippen LogP contribution < -0.4 is 4.90 Å². The summed E-state index contributed by atoms with van der Waals surface area (Å²) >= 11 is 0. The predicted molar refractivity (Wildman–Crippen MR) is 96.5 cm³/mol. The molecule has 0 aliphatic carbocycles. The molecule has 0 N–H and O–H groups in total. The summed E-state index contributed by atoms with van der Waals surface area (Å²) in [6.45, 7) is 7.58. The van der Waals surface area contributed by atoms with Gasteiger partial charge in [0.05, 0.1) is 18.1 Å². The van der Waals surface area contributed by atoms with E-state index in [-0.39, 0.29) is 0 Å². The Bertz CT molecular complexity index is 861. The molecule has 4 rings (SSSR count). The normalized spacial score (nSPS) is 15.8. The van der Waals surface area contributed by atoms with Crippen molar-refractivity contribution in [3.05, 3.63) is 18.3 Å². The number of hydrogen-bond acceptors (Lipinski definition) is 8. The van der Waals surface area contributed by atoms with Crippen molar-refractivity contribution >= 4 is 16.9 Å². The van der Waals surface area contributed by atoms with Gasteiger partial charge in [0.15, 0.2) is 11.5 Å². The highest BCUT2D eigenvalue weighted by Gasteiger charge is 2.22. The van der Waals surface area contributed by atoms with Gasteiger partial charge in [-0.05, 0) is 16.8 Å². The van der Waals surface area contributed by atoms with Gasteiger partial charge in [-0.3, -0.25) is 9.58 Å². The number of rotatable bonds is 6. The van der Waals surface area contributed by atoms with Gasteiger partial charge in [-0.15, -0.1) is 5.10 Å². The number of nitrogens with zero attached hydrogens (tertiary/aromatic N) is 10. The molecule has 138 valence electrons. The number of unbranched alkanes of at least 4 members (excludes halogenated alkanes) is 1. The molecule has 4 heterocycles. The van der Waals surface area contributed by atoms with Crippen LogP contribution in [0.5, 0.6) is 0 Å². The number of anilines is 1. The van der Waals surface area contributed by atoms with Crippen molar-refractivity contribution in [1.82, 2.24) is 44.9 Å².